The highest BCUT2D eigenvalue weighted by Gasteiger charge is 2.00. The number of nitrogens with one attached hydrogen (secondary N) is 1. The Morgan fingerprint density at radius 3 is 2.80 bits per heavy atom. The maximum Gasteiger partial charge on any atom is 0.123 e. The molecule has 1 aromatic rings. The first-order chi connectivity index (χ1) is 6.88. The molecule has 0 bridgehead atoms. The van der Waals surface area contributed by atoms with Gasteiger partial charge in [0.2, 0.25) is 0 Å². The monoisotopic (exact) mass is 226 g/mol. The molecule has 1 rings (SSSR count). The van der Waals surface area contributed by atoms with E-state index in [4.69, 9.17) is 4.74 Å². The third-order valence-corrected chi connectivity index (χ3v) is 1.88. The van der Waals surface area contributed by atoms with E-state index in [1.54, 1.807) is 0 Å². The van der Waals surface area contributed by atoms with Crippen LogP contribution in [-0.2, 0) is 6.54 Å². The lowest BCUT2D eigenvalue weighted by Gasteiger charge is -2.09. The topological polar surface area (TPSA) is 21.3 Å². The maximum atomic E-state index is 5.50. The first kappa shape index (κ1) is 14.0. The van der Waals surface area contributed by atoms with E-state index in [2.05, 4.69) is 18.0 Å². The van der Waals surface area contributed by atoms with Crippen molar-refractivity contribution in [3.63, 3.8) is 0 Å². The highest BCUT2D eigenvalue weighted by atomic mass is 35.5. The molecule has 15 heavy (non-hydrogen) atoms. The van der Waals surface area contributed by atoms with Crippen molar-refractivity contribution in [2.75, 3.05) is 13.2 Å². The van der Waals surface area contributed by atoms with E-state index in [1.165, 1.54) is 5.56 Å². The molecule has 0 fully saturated rings. The fourth-order valence-electron chi connectivity index (χ4n) is 1.26. The van der Waals surface area contributed by atoms with Gasteiger partial charge in [-0.2, -0.15) is 0 Å². The quantitative estimate of drug-likeness (QED) is 0.515. The maximum absolute atomic E-state index is 5.50. The number of benzene rings is 1. The predicted molar refractivity (Wildman–Crippen MR) is 59.5 cm³/mol. The van der Waals surface area contributed by atoms with Gasteiger partial charge in [-0.3, -0.25) is 0 Å². The van der Waals surface area contributed by atoms with Crippen LogP contribution in [0.5, 0.6) is 5.75 Å². The van der Waals surface area contributed by atoms with Crippen LogP contribution in [0.2, 0.25) is 0 Å². The fraction of sp³-hybridized carbons (Fsp3) is 0.333. The van der Waals surface area contributed by atoms with E-state index >= 15 is 0 Å². The summed E-state index contributed by atoms with van der Waals surface area (Å²) in [4.78, 5) is 0. The molecule has 0 aliphatic rings. The Labute approximate surface area is 97.7 Å². The van der Waals surface area contributed by atoms with Crippen molar-refractivity contribution >= 4 is 0 Å². The standard InChI is InChI=1S/C12H17NO.ClH/c1-3-9-13-10-11-7-5-6-8-12(11)14-4-2;/h3,5-8,13H,1,4,9-10H2,2H3;1H/p-1. The van der Waals surface area contributed by atoms with E-state index in [9.17, 15) is 0 Å². The van der Waals surface area contributed by atoms with Crippen LogP contribution in [-0.4, -0.2) is 13.2 Å². The lowest BCUT2D eigenvalue weighted by molar-refractivity contribution is -0.00000347. The Hall–Kier alpha value is -0.990. The summed E-state index contributed by atoms with van der Waals surface area (Å²) in [7, 11) is 0. The van der Waals surface area contributed by atoms with Gasteiger partial charge in [0.1, 0.15) is 5.75 Å². The van der Waals surface area contributed by atoms with Crippen molar-refractivity contribution in [3.05, 3.63) is 42.5 Å². The second-order valence-corrected chi connectivity index (χ2v) is 2.96. The highest BCUT2D eigenvalue weighted by Crippen LogP contribution is 2.17. The molecule has 0 atom stereocenters. The minimum atomic E-state index is 0. The summed E-state index contributed by atoms with van der Waals surface area (Å²) < 4.78 is 5.50. The Morgan fingerprint density at radius 2 is 2.13 bits per heavy atom. The van der Waals surface area contributed by atoms with Crippen molar-refractivity contribution in [2.24, 2.45) is 0 Å². The number of ether oxygens (including phenoxy) is 1. The highest BCUT2D eigenvalue weighted by molar-refractivity contribution is 5.33. The van der Waals surface area contributed by atoms with Crippen molar-refractivity contribution in [2.45, 2.75) is 13.5 Å². The molecule has 2 nitrogen and oxygen atoms in total. The van der Waals surface area contributed by atoms with Gasteiger partial charge in [0.05, 0.1) is 6.61 Å². The number of para-hydroxylation sites is 1. The number of hydrogen-bond donors (Lipinski definition) is 1. The Balaban J connectivity index is 0.00000196. The Bertz CT molecular complexity index is 289. The SMILES string of the molecule is C=CCNCc1ccccc1OCC.[Cl-]. The molecule has 0 aliphatic carbocycles. The molecule has 0 aromatic heterocycles. The zero-order valence-corrected chi connectivity index (χ0v) is 9.76. The second-order valence-electron chi connectivity index (χ2n) is 2.96. The second kappa shape index (κ2) is 8.33. The van der Waals surface area contributed by atoms with Crippen LogP contribution in [0.25, 0.3) is 0 Å². The zero-order chi connectivity index (χ0) is 10.2. The summed E-state index contributed by atoms with van der Waals surface area (Å²) in [6, 6.07) is 8.07. The summed E-state index contributed by atoms with van der Waals surface area (Å²) in [6.45, 7) is 8.00. The van der Waals surface area contributed by atoms with Gasteiger partial charge in [0, 0.05) is 18.7 Å². The van der Waals surface area contributed by atoms with E-state index in [0.29, 0.717) is 6.61 Å². The van der Waals surface area contributed by atoms with Crippen LogP contribution < -0.4 is 22.5 Å². The van der Waals surface area contributed by atoms with Crippen LogP contribution in [0.3, 0.4) is 0 Å². The third kappa shape index (κ3) is 4.86. The molecule has 84 valence electrons. The van der Waals surface area contributed by atoms with Crippen molar-refractivity contribution in [3.8, 4) is 5.75 Å². The minimum absolute atomic E-state index is 0. The van der Waals surface area contributed by atoms with Crippen molar-refractivity contribution < 1.29 is 17.1 Å². The number of hydrogen-bond acceptors (Lipinski definition) is 2. The molecule has 0 spiro atoms. The van der Waals surface area contributed by atoms with Crippen LogP contribution in [0.15, 0.2) is 36.9 Å². The van der Waals surface area contributed by atoms with Crippen LogP contribution in [0.4, 0.5) is 0 Å². The van der Waals surface area contributed by atoms with Gasteiger partial charge < -0.3 is 22.5 Å². The first-order valence-electron chi connectivity index (χ1n) is 4.90. The van der Waals surface area contributed by atoms with E-state index in [0.717, 1.165) is 18.8 Å². The Kier molecular flexibility index (Phi) is 7.78. The van der Waals surface area contributed by atoms with Gasteiger partial charge in [-0.05, 0) is 13.0 Å². The number of halogens is 1. The summed E-state index contributed by atoms with van der Waals surface area (Å²) in [5, 5.41) is 3.25. The molecule has 0 amide bonds. The summed E-state index contributed by atoms with van der Waals surface area (Å²) in [6.07, 6.45) is 1.85. The molecule has 0 radical (unpaired) electrons. The lowest BCUT2D eigenvalue weighted by Crippen LogP contribution is -3.00. The van der Waals surface area contributed by atoms with Crippen LogP contribution in [0.1, 0.15) is 12.5 Å². The van der Waals surface area contributed by atoms with Gasteiger partial charge >= 0.3 is 0 Å². The molecule has 0 unspecified atom stereocenters. The summed E-state index contributed by atoms with van der Waals surface area (Å²) in [5.74, 6) is 0.964. The molecule has 0 saturated heterocycles. The van der Waals surface area contributed by atoms with E-state index < -0.39 is 0 Å². The first-order valence-corrected chi connectivity index (χ1v) is 4.90. The Morgan fingerprint density at radius 1 is 1.40 bits per heavy atom. The molecular formula is C12H17ClNO-. The summed E-state index contributed by atoms with van der Waals surface area (Å²) >= 11 is 0. The van der Waals surface area contributed by atoms with Gasteiger partial charge in [0.25, 0.3) is 0 Å². The van der Waals surface area contributed by atoms with Gasteiger partial charge in [-0.1, -0.05) is 24.3 Å². The largest absolute Gasteiger partial charge is 1.00 e. The third-order valence-electron chi connectivity index (χ3n) is 1.88. The van der Waals surface area contributed by atoms with Crippen LogP contribution >= 0.6 is 0 Å². The van der Waals surface area contributed by atoms with E-state index in [-0.39, 0.29) is 12.4 Å². The predicted octanol–water partition coefficient (Wildman–Crippen LogP) is -0.635. The zero-order valence-electron chi connectivity index (χ0n) is 9.00. The summed E-state index contributed by atoms with van der Waals surface area (Å²) in [5.41, 5.74) is 1.19. The average Bonchev–Trinajstić information content (AvgIpc) is 2.21. The molecule has 0 saturated carbocycles. The molecule has 3 heteroatoms. The van der Waals surface area contributed by atoms with Crippen molar-refractivity contribution in [1.29, 1.82) is 0 Å². The smallest absolute Gasteiger partial charge is 0.123 e. The van der Waals surface area contributed by atoms with Gasteiger partial charge in [-0.15, -0.1) is 6.58 Å². The van der Waals surface area contributed by atoms with Gasteiger partial charge in [0.15, 0.2) is 0 Å². The van der Waals surface area contributed by atoms with Gasteiger partial charge in [-0.25, -0.2) is 0 Å². The lowest BCUT2D eigenvalue weighted by atomic mass is 10.2. The molecule has 1 aromatic carbocycles. The van der Waals surface area contributed by atoms with E-state index in [1.807, 2.05) is 31.2 Å². The molecule has 0 aliphatic heterocycles. The molecule has 0 heterocycles. The normalized spacial score (nSPS) is 9.13. The average molecular weight is 227 g/mol. The molecule has 1 N–H and O–H groups in total. The number of rotatable bonds is 6. The van der Waals surface area contributed by atoms with Crippen LogP contribution in [0, 0.1) is 0 Å². The van der Waals surface area contributed by atoms with Crippen molar-refractivity contribution in [1.82, 2.24) is 5.32 Å². The minimum Gasteiger partial charge on any atom is -1.00 e. The molecular weight excluding hydrogens is 210 g/mol. The fourth-order valence-corrected chi connectivity index (χ4v) is 1.26.